The summed E-state index contributed by atoms with van der Waals surface area (Å²) in [7, 11) is -3.86. The number of rotatable bonds is 4. The van der Waals surface area contributed by atoms with Gasteiger partial charge in [-0.1, -0.05) is 28.9 Å². The van der Waals surface area contributed by atoms with Gasteiger partial charge in [-0.3, -0.25) is 0 Å². The van der Waals surface area contributed by atoms with Crippen molar-refractivity contribution in [2.75, 3.05) is 17.9 Å². The number of aromatic nitrogens is 1. The van der Waals surface area contributed by atoms with E-state index in [-0.39, 0.29) is 10.8 Å². The first kappa shape index (κ1) is 16.7. The molecule has 0 spiro atoms. The van der Waals surface area contributed by atoms with Crippen LogP contribution in [-0.4, -0.2) is 26.8 Å². The van der Waals surface area contributed by atoms with E-state index in [2.05, 4.69) is 9.88 Å². The number of nitrogens with zero attached hydrogens (tertiary/aromatic N) is 1. The Labute approximate surface area is 154 Å². The van der Waals surface area contributed by atoms with Gasteiger partial charge in [0.25, 0.3) is 10.0 Å². The molecule has 1 aliphatic heterocycles. The molecule has 0 aliphatic carbocycles. The number of sulfonamides is 1. The molecule has 2 heterocycles. The summed E-state index contributed by atoms with van der Waals surface area (Å²) in [6.07, 6.45) is 0. The second-order valence-electron chi connectivity index (χ2n) is 5.49. The van der Waals surface area contributed by atoms with Gasteiger partial charge in [-0.25, -0.2) is 13.1 Å². The average molecular weight is 393 g/mol. The smallest absolute Gasteiger partial charge is 0.264 e. The van der Waals surface area contributed by atoms with Crippen molar-refractivity contribution >= 4 is 27.5 Å². The van der Waals surface area contributed by atoms with E-state index < -0.39 is 10.0 Å². The van der Waals surface area contributed by atoms with Crippen LogP contribution in [0.5, 0.6) is 11.5 Å². The molecule has 2 aromatic carbocycles. The molecule has 1 aromatic heterocycles. The van der Waals surface area contributed by atoms with Crippen LogP contribution >= 0.6 is 11.6 Å². The zero-order chi connectivity index (χ0) is 18.1. The number of halogens is 1. The Morgan fingerprint density at radius 3 is 2.46 bits per heavy atom. The first-order valence-electron chi connectivity index (χ1n) is 7.66. The molecule has 0 atom stereocenters. The second-order valence-corrected chi connectivity index (χ2v) is 7.61. The number of nitrogens with one attached hydrogen (secondary N) is 1. The van der Waals surface area contributed by atoms with Gasteiger partial charge < -0.3 is 14.0 Å². The lowest BCUT2D eigenvalue weighted by atomic mass is 10.1. The van der Waals surface area contributed by atoms with Gasteiger partial charge in [-0.2, -0.15) is 0 Å². The number of fused-ring (bicyclic) bond motifs is 1. The van der Waals surface area contributed by atoms with Gasteiger partial charge >= 0.3 is 0 Å². The molecular weight excluding hydrogens is 380 g/mol. The van der Waals surface area contributed by atoms with Gasteiger partial charge in [-0.05, 0) is 24.3 Å². The van der Waals surface area contributed by atoms with E-state index in [0.29, 0.717) is 35.4 Å². The Morgan fingerprint density at radius 2 is 1.69 bits per heavy atom. The van der Waals surface area contributed by atoms with Crippen LogP contribution < -0.4 is 14.2 Å². The largest absolute Gasteiger partial charge is 0.486 e. The lowest BCUT2D eigenvalue weighted by molar-refractivity contribution is 0.171. The molecular formula is C17H13ClN2O5S. The number of benzene rings is 2. The minimum Gasteiger partial charge on any atom is -0.486 e. The normalized spacial score (nSPS) is 13.4. The van der Waals surface area contributed by atoms with Gasteiger partial charge in [0.15, 0.2) is 11.5 Å². The molecule has 1 N–H and O–H groups in total. The molecule has 1 aliphatic rings. The Balaban J connectivity index is 1.57. The van der Waals surface area contributed by atoms with Crippen LogP contribution in [-0.2, 0) is 10.0 Å². The van der Waals surface area contributed by atoms with Crippen LogP contribution in [0, 0.1) is 0 Å². The molecule has 0 radical (unpaired) electrons. The molecule has 0 bridgehead atoms. The topological polar surface area (TPSA) is 90.7 Å². The van der Waals surface area contributed by atoms with Crippen molar-refractivity contribution in [3.8, 4) is 22.8 Å². The third-order valence-electron chi connectivity index (χ3n) is 3.71. The first-order chi connectivity index (χ1) is 12.5. The minimum atomic E-state index is -3.86. The Bertz CT molecular complexity index is 1050. The van der Waals surface area contributed by atoms with Crippen molar-refractivity contribution in [2.45, 2.75) is 4.90 Å². The maximum atomic E-state index is 12.6. The number of ether oxygens (including phenoxy) is 2. The first-order valence-corrected chi connectivity index (χ1v) is 9.52. The van der Waals surface area contributed by atoms with Crippen LogP contribution in [0.3, 0.4) is 0 Å². The van der Waals surface area contributed by atoms with Crippen molar-refractivity contribution in [1.82, 2.24) is 5.16 Å². The highest BCUT2D eigenvalue weighted by molar-refractivity contribution is 7.92. The number of hydrogen-bond acceptors (Lipinski definition) is 6. The lowest BCUT2D eigenvalue weighted by Crippen LogP contribution is -2.17. The summed E-state index contributed by atoms with van der Waals surface area (Å²) in [6, 6.07) is 12.9. The molecule has 0 unspecified atom stereocenters. The summed E-state index contributed by atoms with van der Waals surface area (Å²) < 4.78 is 43.4. The third-order valence-corrected chi connectivity index (χ3v) is 5.31. The van der Waals surface area contributed by atoms with Crippen molar-refractivity contribution in [3.05, 3.63) is 53.6 Å². The summed E-state index contributed by atoms with van der Waals surface area (Å²) in [4.78, 5) is 0.0335. The average Bonchev–Trinajstić information content (AvgIpc) is 3.09. The van der Waals surface area contributed by atoms with Crippen LogP contribution in [0.15, 0.2) is 57.9 Å². The lowest BCUT2D eigenvalue weighted by Gasteiger charge is -2.18. The Kier molecular flexibility index (Phi) is 4.21. The van der Waals surface area contributed by atoms with Gasteiger partial charge in [0.05, 0.1) is 4.90 Å². The fraction of sp³-hybridized carbons (Fsp3) is 0.118. The van der Waals surface area contributed by atoms with Crippen LogP contribution in [0.4, 0.5) is 5.88 Å². The molecule has 0 amide bonds. The predicted octanol–water partition coefficient (Wildman–Crippen LogP) is 3.57. The third kappa shape index (κ3) is 3.33. The Morgan fingerprint density at radius 1 is 0.962 bits per heavy atom. The summed E-state index contributed by atoms with van der Waals surface area (Å²) in [5.74, 6) is 0.906. The highest BCUT2D eigenvalue weighted by Gasteiger charge is 2.21. The molecule has 4 rings (SSSR count). The van der Waals surface area contributed by atoms with E-state index in [1.807, 2.05) is 0 Å². The fourth-order valence-corrected chi connectivity index (χ4v) is 3.58. The van der Waals surface area contributed by atoms with Gasteiger partial charge in [0, 0.05) is 22.7 Å². The summed E-state index contributed by atoms with van der Waals surface area (Å²) >= 11 is 5.86. The van der Waals surface area contributed by atoms with Gasteiger partial charge in [0.1, 0.15) is 18.9 Å². The van der Waals surface area contributed by atoms with E-state index in [1.54, 1.807) is 30.3 Å². The summed E-state index contributed by atoms with van der Waals surface area (Å²) in [6.45, 7) is 0.805. The minimum absolute atomic E-state index is 0.00448. The molecule has 0 saturated carbocycles. The van der Waals surface area contributed by atoms with E-state index in [9.17, 15) is 8.42 Å². The SMILES string of the molecule is O=S(=O)(Nc1cc(-c2ccc(Cl)cc2)no1)c1ccc2c(c1)OCCO2. The monoisotopic (exact) mass is 392 g/mol. The van der Waals surface area contributed by atoms with Crippen molar-refractivity contribution in [2.24, 2.45) is 0 Å². The zero-order valence-corrected chi connectivity index (χ0v) is 14.9. The summed E-state index contributed by atoms with van der Waals surface area (Å²) in [5.41, 5.74) is 1.24. The fourth-order valence-electron chi connectivity index (χ4n) is 2.46. The summed E-state index contributed by atoms with van der Waals surface area (Å²) in [5, 5.41) is 4.47. The maximum absolute atomic E-state index is 12.6. The molecule has 26 heavy (non-hydrogen) atoms. The number of anilines is 1. The highest BCUT2D eigenvalue weighted by atomic mass is 35.5. The number of hydrogen-bond donors (Lipinski definition) is 1. The van der Waals surface area contributed by atoms with Crippen LogP contribution in [0.25, 0.3) is 11.3 Å². The van der Waals surface area contributed by atoms with Crippen LogP contribution in [0.1, 0.15) is 0 Å². The molecule has 0 saturated heterocycles. The van der Waals surface area contributed by atoms with Gasteiger partial charge in [-0.15, -0.1) is 0 Å². The van der Waals surface area contributed by atoms with E-state index in [4.69, 9.17) is 25.6 Å². The van der Waals surface area contributed by atoms with Crippen molar-refractivity contribution in [3.63, 3.8) is 0 Å². The maximum Gasteiger partial charge on any atom is 0.264 e. The van der Waals surface area contributed by atoms with E-state index in [0.717, 1.165) is 5.56 Å². The molecule has 3 aromatic rings. The van der Waals surface area contributed by atoms with Crippen LogP contribution in [0.2, 0.25) is 5.02 Å². The second kappa shape index (κ2) is 6.54. The Hall–Kier alpha value is -2.71. The van der Waals surface area contributed by atoms with E-state index >= 15 is 0 Å². The van der Waals surface area contributed by atoms with Gasteiger partial charge in [0.2, 0.25) is 5.88 Å². The zero-order valence-electron chi connectivity index (χ0n) is 13.3. The van der Waals surface area contributed by atoms with Crippen molar-refractivity contribution < 1.29 is 22.4 Å². The molecule has 0 fully saturated rings. The predicted molar refractivity (Wildman–Crippen MR) is 95.2 cm³/mol. The molecule has 9 heteroatoms. The van der Waals surface area contributed by atoms with Crippen molar-refractivity contribution in [1.29, 1.82) is 0 Å². The quantitative estimate of drug-likeness (QED) is 0.729. The molecule has 134 valence electrons. The van der Waals surface area contributed by atoms with E-state index in [1.165, 1.54) is 18.2 Å². The molecule has 7 nitrogen and oxygen atoms in total. The highest BCUT2D eigenvalue weighted by Crippen LogP contribution is 2.33. The standard InChI is InChI=1S/C17H13ClN2O5S/c18-12-3-1-11(2-4-12)14-10-17(25-19-14)20-26(21,22)13-5-6-15-16(9-13)24-8-7-23-15/h1-6,9-10,20H,7-8H2.